The van der Waals surface area contributed by atoms with Gasteiger partial charge in [-0.15, -0.1) is 0 Å². The van der Waals surface area contributed by atoms with E-state index >= 15 is 0 Å². The van der Waals surface area contributed by atoms with Crippen molar-refractivity contribution < 1.29 is 19.1 Å². The molecule has 0 aliphatic rings. The van der Waals surface area contributed by atoms with E-state index in [1.165, 1.54) is 0 Å². The molecule has 0 saturated heterocycles. The highest BCUT2D eigenvalue weighted by Crippen LogP contribution is 2.35. The first-order chi connectivity index (χ1) is 17.4. The molecule has 0 fully saturated rings. The van der Waals surface area contributed by atoms with Crippen molar-refractivity contribution in [3.8, 4) is 22.6 Å². The SMILES string of the molecule is COc1cc(-c2ccc(NC(=O)c3cccc(Br)c3)c(OC)c2)ccc1NC(=O)c1cccc(Br)c1. The normalized spacial score (nSPS) is 10.4. The van der Waals surface area contributed by atoms with Crippen molar-refractivity contribution in [2.75, 3.05) is 24.9 Å². The summed E-state index contributed by atoms with van der Waals surface area (Å²) in [4.78, 5) is 25.4. The molecule has 0 radical (unpaired) electrons. The van der Waals surface area contributed by atoms with E-state index in [2.05, 4.69) is 42.5 Å². The van der Waals surface area contributed by atoms with Crippen LogP contribution in [0.2, 0.25) is 0 Å². The molecule has 4 aromatic carbocycles. The molecule has 0 unspecified atom stereocenters. The number of hydrogen-bond acceptors (Lipinski definition) is 4. The molecule has 0 spiro atoms. The summed E-state index contributed by atoms with van der Waals surface area (Å²) in [6.45, 7) is 0. The smallest absolute Gasteiger partial charge is 0.255 e. The summed E-state index contributed by atoms with van der Waals surface area (Å²) in [5.41, 5.74) is 3.87. The average molecular weight is 610 g/mol. The zero-order valence-corrected chi connectivity index (χ0v) is 22.6. The number of anilines is 2. The fourth-order valence-corrected chi connectivity index (χ4v) is 4.39. The first-order valence-corrected chi connectivity index (χ1v) is 12.5. The minimum Gasteiger partial charge on any atom is -0.495 e. The second-order valence-electron chi connectivity index (χ2n) is 7.76. The van der Waals surface area contributed by atoms with Gasteiger partial charge in [-0.25, -0.2) is 0 Å². The first-order valence-electron chi connectivity index (χ1n) is 10.9. The second kappa shape index (κ2) is 11.4. The van der Waals surface area contributed by atoms with E-state index in [9.17, 15) is 9.59 Å². The zero-order valence-electron chi connectivity index (χ0n) is 19.5. The number of hydrogen-bond donors (Lipinski definition) is 2. The van der Waals surface area contributed by atoms with Crippen molar-refractivity contribution in [2.45, 2.75) is 0 Å². The molecule has 0 heterocycles. The molecule has 36 heavy (non-hydrogen) atoms. The maximum Gasteiger partial charge on any atom is 0.255 e. The van der Waals surface area contributed by atoms with E-state index in [4.69, 9.17) is 9.47 Å². The van der Waals surface area contributed by atoms with Crippen molar-refractivity contribution in [3.05, 3.63) is 105 Å². The van der Waals surface area contributed by atoms with Crippen molar-refractivity contribution in [1.29, 1.82) is 0 Å². The standard InChI is InChI=1S/C28H22Br2N2O4/c1-35-25-15-17(9-11-23(25)31-27(33)19-5-3-7-21(29)13-19)18-10-12-24(26(16-18)36-2)32-28(34)20-6-4-8-22(30)14-20/h3-16H,1-2H3,(H,31,33)(H,32,34). The molecule has 6 nitrogen and oxygen atoms in total. The van der Waals surface area contributed by atoms with Crippen LogP contribution in [0.1, 0.15) is 20.7 Å². The Bertz CT molecular complexity index is 1330. The largest absolute Gasteiger partial charge is 0.495 e. The quantitative estimate of drug-likeness (QED) is 0.229. The van der Waals surface area contributed by atoms with E-state index in [-0.39, 0.29) is 11.8 Å². The third-order valence-electron chi connectivity index (χ3n) is 5.41. The van der Waals surface area contributed by atoms with Crippen LogP contribution in [0.3, 0.4) is 0 Å². The molecule has 0 saturated carbocycles. The van der Waals surface area contributed by atoms with Gasteiger partial charge in [0, 0.05) is 20.1 Å². The van der Waals surface area contributed by atoms with Crippen molar-refractivity contribution in [2.24, 2.45) is 0 Å². The molecule has 2 amide bonds. The Morgan fingerprint density at radius 1 is 0.611 bits per heavy atom. The number of halogens is 2. The van der Waals surface area contributed by atoms with Crippen LogP contribution in [-0.2, 0) is 0 Å². The van der Waals surface area contributed by atoms with Crippen LogP contribution in [-0.4, -0.2) is 26.0 Å². The summed E-state index contributed by atoms with van der Waals surface area (Å²) in [6.07, 6.45) is 0. The Hall–Kier alpha value is -3.62. The molecule has 0 atom stereocenters. The maximum atomic E-state index is 12.7. The van der Waals surface area contributed by atoms with Crippen molar-refractivity contribution >= 4 is 55.0 Å². The maximum absolute atomic E-state index is 12.7. The average Bonchev–Trinajstić information content (AvgIpc) is 2.89. The van der Waals surface area contributed by atoms with Gasteiger partial charge >= 0.3 is 0 Å². The molecule has 0 bridgehead atoms. The lowest BCUT2D eigenvalue weighted by Gasteiger charge is -2.15. The van der Waals surface area contributed by atoms with Gasteiger partial charge in [0.05, 0.1) is 25.6 Å². The number of amides is 2. The lowest BCUT2D eigenvalue weighted by atomic mass is 10.0. The van der Waals surface area contributed by atoms with Gasteiger partial charge in [-0.05, 0) is 71.8 Å². The molecular formula is C28H22Br2N2O4. The second-order valence-corrected chi connectivity index (χ2v) is 9.59. The zero-order chi connectivity index (χ0) is 25.7. The third kappa shape index (κ3) is 5.95. The highest BCUT2D eigenvalue weighted by atomic mass is 79.9. The molecule has 182 valence electrons. The number of rotatable bonds is 7. The molecule has 2 N–H and O–H groups in total. The summed E-state index contributed by atoms with van der Waals surface area (Å²) in [5, 5.41) is 5.79. The van der Waals surface area contributed by atoms with Crippen LogP contribution in [0.15, 0.2) is 93.9 Å². The lowest BCUT2D eigenvalue weighted by molar-refractivity contribution is 0.101. The summed E-state index contributed by atoms with van der Waals surface area (Å²) in [7, 11) is 3.10. The van der Waals surface area contributed by atoms with Crippen LogP contribution >= 0.6 is 31.9 Å². The molecule has 4 rings (SSSR count). The van der Waals surface area contributed by atoms with Gasteiger partial charge < -0.3 is 20.1 Å². The number of nitrogens with one attached hydrogen (secondary N) is 2. The first kappa shape index (κ1) is 25.5. The number of ether oxygens (including phenoxy) is 2. The Morgan fingerprint density at radius 3 is 1.39 bits per heavy atom. The van der Waals surface area contributed by atoms with Gasteiger partial charge in [0.15, 0.2) is 0 Å². The lowest BCUT2D eigenvalue weighted by Crippen LogP contribution is -2.13. The summed E-state index contributed by atoms with van der Waals surface area (Å²) in [6, 6.07) is 25.3. The van der Waals surface area contributed by atoms with Gasteiger partial charge in [0.25, 0.3) is 11.8 Å². The molecule has 0 aromatic heterocycles. The Balaban J connectivity index is 1.56. The van der Waals surface area contributed by atoms with Crippen molar-refractivity contribution in [1.82, 2.24) is 0 Å². The molecule has 4 aromatic rings. The molecule has 0 aliphatic carbocycles. The van der Waals surface area contributed by atoms with E-state index in [1.54, 1.807) is 62.8 Å². The van der Waals surface area contributed by atoms with Crippen LogP contribution in [0.25, 0.3) is 11.1 Å². The summed E-state index contributed by atoms with van der Waals surface area (Å²) < 4.78 is 12.7. The van der Waals surface area contributed by atoms with Gasteiger partial charge in [0.2, 0.25) is 0 Å². The van der Waals surface area contributed by atoms with Gasteiger partial charge in [0.1, 0.15) is 11.5 Å². The minimum absolute atomic E-state index is 0.241. The number of benzene rings is 4. The van der Waals surface area contributed by atoms with Crippen LogP contribution in [0.5, 0.6) is 11.5 Å². The molecule has 8 heteroatoms. The fraction of sp³-hybridized carbons (Fsp3) is 0.0714. The third-order valence-corrected chi connectivity index (χ3v) is 6.39. The van der Waals surface area contributed by atoms with E-state index < -0.39 is 0 Å². The molecular weight excluding hydrogens is 588 g/mol. The number of methoxy groups -OCH3 is 2. The highest BCUT2D eigenvalue weighted by molar-refractivity contribution is 9.10. The van der Waals surface area contributed by atoms with Crippen LogP contribution in [0.4, 0.5) is 11.4 Å². The Labute approximate surface area is 225 Å². The Morgan fingerprint density at radius 2 is 1.03 bits per heavy atom. The predicted octanol–water partition coefficient (Wildman–Crippen LogP) is 7.40. The fourth-order valence-electron chi connectivity index (χ4n) is 3.60. The van der Waals surface area contributed by atoms with E-state index in [0.717, 1.165) is 20.1 Å². The predicted molar refractivity (Wildman–Crippen MR) is 149 cm³/mol. The van der Waals surface area contributed by atoms with Crippen LogP contribution < -0.4 is 20.1 Å². The van der Waals surface area contributed by atoms with Crippen molar-refractivity contribution in [3.63, 3.8) is 0 Å². The topological polar surface area (TPSA) is 76.7 Å². The Kier molecular flexibility index (Phi) is 8.07. The number of carbonyl (C=O) groups excluding carboxylic acids is 2. The number of carbonyl (C=O) groups is 2. The molecule has 0 aliphatic heterocycles. The van der Waals surface area contributed by atoms with Gasteiger partial charge in [-0.1, -0.05) is 56.1 Å². The van der Waals surface area contributed by atoms with Crippen LogP contribution in [0, 0.1) is 0 Å². The van der Waals surface area contributed by atoms with E-state index in [0.29, 0.717) is 34.0 Å². The summed E-state index contributed by atoms with van der Waals surface area (Å²) >= 11 is 6.77. The van der Waals surface area contributed by atoms with E-state index in [1.807, 2.05) is 36.4 Å². The summed E-state index contributed by atoms with van der Waals surface area (Å²) in [5.74, 6) is 0.549. The highest BCUT2D eigenvalue weighted by Gasteiger charge is 2.14. The monoisotopic (exact) mass is 608 g/mol. The van der Waals surface area contributed by atoms with Gasteiger partial charge in [-0.3, -0.25) is 9.59 Å². The minimum atomic E-state index is -0.241. The van der Waals surface area contributed by atoms with Gasteiger partial charge in [-0.2, -0.15) is 0 Å².